The van der Waals surface area contributed by atoms with Crippen LogP contribution in [0.25, 0.3) is 0 Å². The highest BCUT2D eigenvalue weighted by Gasteiger charge is 2.06. The molecule has 8 nitrogen and oxygen atoms in total. The molecule has 0 saturated carbocycles. The van der Waals surface area contributed by atoms with E-state index in [1.807, 2.05) is 12.1 Å². The van der Waals surface area contributed by atoms with Crippen LogP contribution in [0.4, 0.5) is 0 Å². The van der Waals surface area contributed by atoms with Crippen molar-refractivity contribution in [1.82, 2.24) is 9.99 Å². The van der Waals surface area contributed by atoms with Crippen LogP contribution in [0.15, 0.2) is 82.8 Å². The molecule has 158 valence electrons. The smallest absolute Gasteiger partial charge is 0.337 e. The number of hydrogen-bond acceptors (Lipinski definition) is 6. The van der Waals surface area contributed by atoms with E-state index in [-0.39, 0.29) is 18.7 Å². The van der Waals surface area contributed by atoms with Crippen LogP contribution in [-0.2, 0) is 22.7 Å². The second kappa shape index (κ2) is 10.5. The van der Waals surface area contributed by atoms with E-state index < -0.39 is 11.9 Å². The summed E-state index contributed by atoms with van der Waals surface area (Å²) in [6.07, 6.45) is 3.01. The minimum atomic E-state index is -0.423. The second-order valence-electron chi connectivity index (χ2n) is 6.47. The summed E-state index contributed by atoms with van der Waals surface area (Å²) in [6, 6.07) is 18.8. The molecule has 2 aromatic carbocycles. The zero-order valence-electron chi connectivity index (χ0n) is 16.9. The molecular formula is C23H21N3O5. The second-order valence-corrected chi connectivity index (χ2v) is 6.47. The van der Waals surface area contributed by atoms with Crippen molar-refractivity contribution in [3.05, 3.63) is 100.0 Å². The van der Waals surface area contributed by atoms with Gasteiger partial charge < -0.3 is 14.0 Å². The molecule has 3 rings (SSSR count). The Labute approximate surface area is 178 Å². The highest BCUT2D eigenvalue weighted by Crippen LogP contribution is 2.18. The van der Waals surface area contributed by atoms with Gasteiger partial charge in [-0.15, -0.1) is 0 Å². The third kappa shape index (κ3) is 6.14. The van der Waals surface area contributed by atoms with Gasteiger partial charge in [-0.2, -0.15) is 5.10 Å². The fourth-order valence-electron chi connectivity index (χ4n) is 2.69. The van der Waals surface area contributed by atoms with Gasteiger partial charge in [0, 0.05) is 17.8 Å². The summed E-state index contributed by atoms with van der Waals surface area (Å²) in [5.41, 5.74) is 4.15. The van der Waals surface area contributed by atoms with Gasteiger partial charge in [0.1, 0.15) is 18.9 Å². The van der Waals surface area contributed by atoms with Crippen LogP contribution in [0.1, 0.15) is 21.5 Å². The van der Waals surface area contributed by atoms with Crippen molar-refractivity contribution in [3.8, 4) is 5.75 Å². The Hall–Kier alpha value is -4.20. The topological polar surface area (TPSA) is 99.0 Å². The van der Waals surface area contributed by atoms with E-state index in [0.29, 0.717) is 16.9 Å². The zero-order valence-corrected chi connectivity index (χ0v) is 16.9. The lowest BCUT2D eigenvalue weighted by molar-refractivity contribution is -0.121. The van der Waals surface area contributed by atoms with E-state index in [0.717, 1.165) is 5.56 Å². The van der Waals surface area contributed by atoms with Crippen LogP contribution in [-0.4, -0.2) is 29.8 Å². The zero-order chi connectivity index (χ0) is 22.1. The Bertz CT molecular complexity index is 1140. The van der Waals surface area contributed by atoms with Crippen molar-refractivity contribution < 1.29 is 19.1 Å². The van der Waals surface area contributed by atoms with Crippen LogP contribution < -0.4 is 15.7 Å². The maximum atomic E-state index is 12.0. The number of benzene rings is 2. The number of hydrogen-bond donors (Lipinski definition) is 1. The first-order valence-electron chi connectivity index (χ1n) is 9.43. The molecule has 0 spiro atoms. The molecule has 0 aliphatic heterocycles. The number of amides is 1. The van der Waals surface area contributed by atoms with E-state index in [1.54, 1.807) is 48.5 Å². The molecule has 0 aliphatic carbocycles. The highest BCUT2D eigenvalue weighted by molar-refractivity contribution is 5.89. The largest absolute Gasteiger partial charge is 0.488 e. The molecule has 0 fully saturated rings. The number of hydrazone groups is 1. The van der Waals surface area contributed by atoms with Gasteiger partial charge in [-0.3, -0.25) is 9.59 Å². The number of carbonyl (C=O) groups excluding carboxylic acids is 2. The van der Waals surface area contributed by atoms with Crippen LogP contribution in [0.3, 0.4) is 0 Å². The summed E-state index contributed by atoms with van der Waals surface area (Å²) in [4.78, 5) is 35.2. The van der Waals surface area contributed by atoms with Crippen molar-refractivity contribution in [3.63, 3.8) is 0 Å². The Balaban J connectivity index is 1.58. The molecule has 0 atom stereocenters. The molecule has 0 saturated heterocycles. The first kappa shape index (κ1) is 21.5. The number of para-hydroxylation sites is 1. The Kier molecular flexibility index (Phi) is 7.31. The molecule has 3 aromatic rings. The fourth-order valence-corrected chi connectivity index (χ4v) is 2.69. The van der Waals surface area contributed by atoms with Crippen LogP contribution in [0.5, 0.6) is 5.75 Å². The van der Waals surface area contributed by atoms with Crippen LogP contribution in [0.2, 0.25) is 0 Å². The fraction of sp³-hybridized carbons (Fsp3) is 0.130. The number of nitrogens with one attached hydrogen (secondary N) is 1. The first-order valence-corrected chi connectivity index (χ1v) is 9.43. The number of nitrogens with zero attached hydrogens (tertiary/aromatic N) is 2. The van der Waals surface area contributed by atoms with E-state index >= 15 is 0 Å². The predicted molar refractivity (Wildman–Crippen MR) is 115 cm³/mol. The molecule has 8 heteroatoms. The quantitative estimate of drug-likeness (QED) is 0.343. The highest BCUT2D eigenvalue weighted by atomic mass is 16.5. The van der Waals surface area contributed by atoms with Crippen LogP contribution >= 0.6 is 0 Å². The summed E-state index contributed by atoms with van der Waals surface area (Å²) in [5, 5.41) is 3.95. The Morgan fingerprint density at radius 2 is 1.77 bits per heavy atom. The summed E-state index contributed by atoms with van der Waals surface area (Å²) in [6.45, 7) is 0.159. The Morgan fingerprint density at radius 1 is 1.03 bits per heavy atom. The van der Waals surface area contributed by atoms with Crippen molar-refractivity contribution in [2.75, 3.05) is 7.11 Å². The predicted octanol–water partition coefficient (Wildman–Crippen LogP) is 2.36. The van der Waals surface area contributed by atoms with E-state index in [4.69, 9.17) is 4.74 Å². The van der Waals surface area contributed by atoms with E-state index in [9.17, 15) is 14.4 Å². The molecule has 0 unspecified atom stereocenters. The van der Waals surface area contributed by atoms with E-state index in [1.165, 1.54) is 30.2 Å². The first-order chi connectivity index (χ1) is 15.1. The number of ether oxygens (including phenoxy) is 2. The third-order valence-electron chi connectivity index (χ3n) is 4.29. The number of carbonyl (C=O) groups is 2. The van der Waals surface area contributed by atoms with Gasteiger partial charge in [0.25, 0.3) is 11.5 Å². The van der Waals surface area contributed by atoms with Gasteiger partial charge in [0.05, 0.1) is 18.9 Å². The van der Waals surface area contributed by atoms with Gasteiger partial charge >= 0.3 is 5.97 Å². The minimum absolute atomic E-state index is 0.128. The molecule has 1 N–H and O–H groups in total. The maximum absolute atomic E-state index is 12.0. The van der Waals surface area contributed by atoms with Gasteiger partial charge in [0.15, 0.2) is 0 Å². The molecule has 31 heavy (non-hydrogen) atoms. The number of pyridine rings is 1. The lowest BCUT2D eigenvalue weighted by Gasteiger charge is -2.09. The number of rotatable bonds is 8. The maximum Gasteiger partial charge on any atom is 0.337 e. The number of aromatic nitrogens is 1. The van der Waals surface area contributed by atoms with Crippen LogP contribution in [0, 0.1) is 0 Å². The molecular weight excluding hydrogens is 398 g/mol. The van der Waals surface area contributed by atoms with Gasteiger partial charge in [-0.05, 0) is 35.9 Å². The minimum Gasteiger partial charge on any atom is -0.488 e. The molecule has 0 radical (unpaired) electrons. The summed E-state index contributed by atoms with van der Waals surface area (Å²) >= 11 is 0. The molecule has 1 amide bonds. The normalized spacial score (nSPS) is 10.6. The lowest BCUT2D eigenvalue weighted by atomic mass is 10.1. The summed E-state index contributed by atoms with van der Waals surface area (Å²) in [5.74, 6) is -0.237. The molecule has 0 bridgehead atoms. The number of esters is 1. The molecule has 1 aromatic heterocycles. The van der Waals surface area contributed by atoms with Crippen molar-refractivity contribution in [1.29, 1.82) is 0 Å². The third-order valence-corrected chi connectivity index (χ3v) is 4.29. The van der Waals surface area contributed by atoms with Gasteiger partial charge in [-0.25, -0.2) is 10.2 Å². The number of methoxy groups -OCH3 is 1. The summed E-state index contributed by atoms with van der Waals surface area (Å²) < 4.78 is 11.8. The Morgan fingerprint density at radius 3 is 2.52 bits per heavy atom. The van der Waals surface area contributed by atoms with E-state index in [2.05, 4.69) is 15.3 Å². The monoisotopic (exact) mass is 419 g/mol. The molecule has 1 heterocycles. The SMILES string of the molecule is COC(=O)c1ccc(COc2ccccc2/C=N\NC(=O)Cn2ccccc2=O)cc1. The standard InChI is InChI=1S/C23H21N3O5/c1-30-23(29)18-11-9-17(10-12-18)16-31-20-7-3-2-6-19(20)14-24-25-21(27)15-26-13-5-4-8-22(26)28/h2-14H,15-16H2,1H3,(H,25,27)/b24-14-. The van der Waals surface area contributed by atoms with Crippen molar-refractivity contribution in [2.45, 2.75) is 13.2 Å². The lowest BCUT2D eigenvalue weighted by Crippen LogP contribution is -2.29. The van der Waals surface area contributed by atoms with Gasteiger partial charge in [0.2, 0.25) is 0 Å². The van der Waals surface area contributed by atoms with Crippen molar-refractivity contribution in [2.24, 2.45) is 5.10 Å². The summed E-state index contributed by atoms with van der Waals surface area (Å²) in [7, 11) is 1.34. The average molecular weight is 419 g/mol. The van der Waals surface area contributed by atoms with Crippen molar-refractivity contribution >= 4 is 18.1 Å². The van der Waals surface area contributed by atoms with Gasteiger partial charge in [-0.1, -0.05) is 30.3 Å². The molecule has 0 aliphatic rings. The average Bonchev–Trinajstić information content (AvgIpc) is 2.80.